The number of amides is 1. The van der Waals surface area contributed by atoms with Crippen molar-refractivity contribution in [2.24, 2.45) is 11.8 Å². The molecule has 2 N–H and O–H groups in total. The minimum absolute atomic E-state index is 0.0380. The standard InChI is InChI=1S/C22H27N3O3/c1-12(2)20(22(27)28-4)24-21(26)14-8-16-15-6-5-7-17-19(15)13(10-23-17)9-18(16)25(3)11-14/h5-8,10,12,14,18,20,23H,9,11H2,1-4H3,(H,24,26)/t14-,18-,20-/m1/s1. The molecule has 0 saturated carbocycles. The van der Waals surface area contributed by atoms with Crippen molar-refractivity contribution in [3.05, 3.63) is 41.6 Å². The zero-order chi connectivity index (χ0) is 20.0. The Morgan fingerprint density at radius 1 is 1.32 bits per heavy atom. The molecule has 28 heavy (non-hydrogen) atoms. The van der Waals surface area contributed by atoms with Gasteiger partial charge in [-0.05, 0) is 42.2 Å². The Morgan fingerprint density at radius 3 is 2.82 bits per heavy atom. The smallest absolute Gasteiger partial charge is 0.328 e. The van der Waals surface area contributed by atoms with Crippen LogP contribution in [0.2, 0.25) is 0 Å². The molecule has 2 heterocycles. The van der Waals surface area contributed by atoms with Crippen molar-refractivity contribution in [1.82, 2.24) is 15.2 Å². The number of carbonyl (C=O) groups is 2. The number of esters is 1. The van der Waals surface area contributed by atoms with E-state index >= 15 is 0 Å². The maximum atomic E-state index is 13.0. The molecule has 0 saturated heterocycles. The fraction of sp³-hybridized carbons (Fsp3) is 0.455. The first-order valence-electron chi connectivity index (χ1n) is 9.80. The number of aromatic nitrogens is 1. The Labute approximate surface area is 164 Å². The monoisotopic (exact) mass is 381 g/mol. The van der Waals surface area contributed by atoms with E-state index in [9.17, 15) is 9.59 Å². The summed E-state index contributed by atoms with van der Waals surface area (Å²) in [6.45, 7) is 4.43. The Morgan fingerprint density at radius 2 is 2.11 bits per heavy atom. The molecule has 1 aliphatic carbocycles. The maximum Gasteiger partial charge on any atom is 0.328 e. The molecule has 1 aromatic carbocycles. The third-order valence-corrected chi connectivity index (χ3v) is 6.02. The largest absolute Gasteiger partial charge is 0.467 e. The molecule has 2 aliphatic rings. The molecule has 0 spiro atoms. The highest BCUT2D eigenvalue weighted by atomic mass is 16.5. The molecule has 1 aliphatic heterocycles. The van der Waals surface area contributed by atoms with E-state index in [2.05, 4.69) is 52.7 Å². The molecule has 2 aromatic rings. The highest BCUT2D eigenvalue weighted by molar-refractivity contribution is 5.99. The number of H-pyrrole nitrogens is 1. The van der Waals surface area contributed by atoms with Crippen LogP contribution in [0.25, 0.3) is 16.5 Å². The zero-order valence-electron chi connectivity index (χ0n) is 16.8. The summed E-state index contributed by atoms with van der Waals surface area (Å²) in [5, 5.41) is 4.16. The minimum atomic E-state index is -0.634. The third-order valence-electron chi connectivity index (χ3n) is 6.02. The molecule has 3 atom stereocenters. The summed E-state index contributed by atoms with van der Waals surface area (Å²) in [7, 11) is 3.41. The maximum absolute atomic E-state index is 13.0. The molecule has 6 heteroatoms. The van der Waals surface area contributed by atoms with Crippen LogP contribution in [0.3, 0.4) is 0 Å². The van der Waals surface area contributed by atoms with Gasteiger partial charge in [0.2, 0.25) is 5.91 Å². The van der Waals surface area contributed by atoms with Crippen molar-refractivity contribution in [3.8, 4) is 0 Å². The Bertz CT molecular complexity index is 959. The summed E-state index contributed by atoms with van der Waals surface area (Å²) in [5.41, 5.74) is 4.85. The second-order valence-corrected chi connectivity index (χ2v) is 8.18. The number of aromatic amines is 1. The van der Waals surface area contributed by atoms with Gasteiger partial charge in [0, 0.05) is 29.7 Å². The Balaban J connectivity index is 1.67. The molecule has 0 unspecified atom stereocenters. The van der Waals surface area contributed by atoms with Crippen molar-refractivity contribution in [2.45, 2.75) is 32.4 Å². The normalized spacial score (nSPS) is 22.5. The molecular weight excluding hydrogens is 354 g/mol. The SMILES string of the molecule is COC(=O)[C@H](NC(=O)[C@@H]1C=C2c3cccc4[nH]cc(c34)C[C@H]2N(C)C1)C(C)C. The van der Waals surface area contributed by atoms with Crippen molar-refractivity contribution < 1.29 is 14.3 Å². The van der Waals surface area contributed by atoms with Gasteiger partial charge in [0.1, 0.15) is 6.04 Å². The van der Waals surface area contributed by atoms with E-state index in [1.807, 2.05) is 13.8 Å². The van der Waals surface area contributed by atoms with Crippen LogP contribution in [0.15, 0.2) is 30.5 Å². The third kappa shape index (κ3) is 3.02. The van der Waals surface area contributed by atoms with Crippen LogP contribution in [0.5, 0.6) is 0 Å². The predicted molar refractivity (Wildman–Crippen MR) is 109 cm³/mol. The van der Waals surface area contributed by atoms with Gasteiger partial charge in [-0.1, -0.05) is 32.1 Å². The summed E-state index contributed by atoms with van der Waals surface area (Å²) in [4.78, 5) is 30.6. The molecular formula is C22H27N3O3. The van der Waals surface area contributed by atoms with Gasteiger partial charge in [0.05, 0.1) is 13.0 Å². The first-order valence-corrected chi connectivity index (χ1v) is 9.80. The van der Waals surface area contributed by atoms with Crippen LogP contribution in [0.1, 0.15) is 25.0 Å². The lowest BCUT2D eigenvalue weighted by Crippen LogP contribution is -2.51. The number of fused-ring (bicyclic) bond motifs is 2. The van der Waals surface area contributed by atoms with Gasteiger partial charge in [-0.15, -0.1) is 0 Å². The number of ether oxygens (including phenoxy) is 1. The molecule has 148 valence electrons. The summed E-state index contributed by atoms with van der Waals surface area (Å²) < 4.78 is 4.85. The predicted octanol–water partition coefficient (Wildman–Crippen LogP) is 2.35. The van der Waals surface area contributed by atoms with E-state index in [1.165, 1.54) is 29.2 Å². The van der Waals surface area contributed by atoms with Gasteiger partial charge >= 0.3 is 5.97 Å². The second-order valence-electron chi connectivity index (χ2n) is 8.18. The molecule has 0 fully saturated rings. The number of carbonyl (C=O) groups excluding carboxylic acids is 2. The molecule has 1 amide bonds. The van der Waals surface area contributed by atoms with Gasteiger partial charge in [-0.2, -0.15) is 0 Å². The van der Waals surface area contributed by atoms with E-state index in [1.54, 1.807) is 0 Å². The van der Waals surface area contributed by atoms with Crippen LogP contribution in [-0.2, 0) is 20.7 Å². The lowest BCUT2D eigenvalue weighted by Gasteiger charge is -2.39. The quantitative estimate of drug-likeness (QED) is 0.798. The van der Waals surface area contributed by atoms with E-state index in [-0.39, 0.29) is 23.8 Å². The number of hydrogen-bond donors (Lipinski definition) is 2. The van der Waals surface area contributed by atoms with Crippen molar-refractivity contribution >= 4 is 28.4 Å². The van der Waals surface area contributed by atoms with Gasteiger partial charge in [0.15, 0.2) is 0 Å². The van der Waals surface area contributed by atoms with Crippen LogP contribution < -0.4 is 5.32 Å². The van der Waals surface area contributed by atoms with E-state index in [0.717, 1.165) is 11.9 Å². The minimum Gasteiger partial charge on any atom is -0.467 e. The fourth-order valence-electron chi connectivity index (χ4n) is 4.50. The number of benzene rings is 1. The topological polar surface area (TPSA) is 74.4 Å². The molecule has 4 rings (SSSR count). The molecule has 0 radical (unpaired) electrons. The molecule has 1 aromatic heterocycles. The van der Waals surface area contributed by atoms with Gasteiger partial charge < -0.3 is 15.0 Å². The number of nitrogens with zero attached hydrogens (tertiary/aromatic N) is 1. The number of methoxy groups -OCH3 is 1. The number of hydrogen-bond acceptors (Lipinski definition) is 4. The van der Waals surface area contributed by atoms with Crippen molar-refractivity contribution in [3.63, 3.8) is 0 Å². The van der Waals surface area contributed by atoms with Gasteiger partial charge in [-0.25, -0.2) is 4.79 Å². The lowest BCUT2D eigenvalue weighted by atomic mass is 9.79. The number of likely N-dealkylation sites (N-methyl/N-ethyl adjacent to an activating group) is 1. The van der Waals surface area contributed by atoms with Gasteiger partial charge in [0.25, 0.3) is 0 Å². The van der Waals surface area contributed by atoms with Crippen LogP contribution in [0, 0.1) is 11.8 Å². The van der Waals surface area contributed by atoms with E-state index in [0.29, 0.717) is 6.54 Å². The van der Waals surface area contributed by atoms with Crippen LogP contribution in [-0.4, -0.2) is 54.5 Å². The van der Waals surface area contributed by atoms with E-state index < -0.39 is 12.0 Å². The lowest BCUT2D eigenvalue weighted by molar-refractivity contribution is -0.146. The second kappa shape index (κ2) is 7.09. The number of nitrogens with one attached hydrogen (secondary N) is 2. The first-order chi connectivity index (χ1) is 13.4. The summed E-state index contributed by atoms with van der Waals surface area (Å²) in [6, 6.07) is 5.90. The van der Waals surface area contributed by atoms with Gasteiger partial charge in [-0.3, -0.25) is 9.69 Å². The summed E-state index contributed by atoms with van der Waals surface area (Å²) >= 11 is 0. The summed E-state index contributed by atoms with van der Waals surface area (Å²) in [5.74, 6) is -0.881. The van der Waals surface area contributed by atoms with Crippen molar-refractivity contribution in [1.29, 1.82) is 0 Å². The van der Waals surface area contributed by atoms with Crippen molar-refractivity contribution in [2.75, 3.05) is 20.7 Å². The average Bonchev–Trinajstić information content (AvgIpc) is 3.10. The van der Waals surface area contributed by atoms with E-state index in [4.69, 9.17) is 4.74 Å². The summed E-state index contributed by atoms with van der Waals surface area (Å²) in [6.07, 6.45) is 5.13. The average molecular weight is 381 g/mol. The zero-order valence-corrected chi connectivity index (χ0v) is 16.8. The fourth-order valence-corrected chi connectivity index (χ4v) is 4.50. The highest BCUT2D eigenvalue weighted by Crippen LogP contribution is 2.40. The van der Waals surface area contributed by atoms with Crippen LogP contribution >= 0.6 is 0 Å². The highest BCUT2D eigenvalue weighted by Gasteiger charge is 2.36. The molecule has 0 bridgehead atoms. The number of rotatable bonds is 4. The Kier molecular flexibility index (Phi) is 4.75. The van der Waals surface area contributed by atoms with Crippen LogP contribution in [0.4, 0.5) is 0 Å². The molecule has 6 nitrogen and oxygen atoms in total. The first kappa shape index (κ1) is 18.7. The Hall–Kier alpha value is -2.60.